The second-order valence-corrected chi connectivity index (χ2v) is 4.67. The van der Waals surface area contributed by atoms with Crippen LogP contribution in [0.1, 0.15) is 29.4 Å². The minimum atomic E-state index is -0.383. The number of likely N-dealkylation sites (tertiary alicyclic amines) is 1. The van der Waals surface area contributed by atoms with Crippen LogP contribution in [0.25, 0.3) is 0 Å². The number of β-amino-alcohol motifs (C(OH)–C–C–N with tert-alkyl or cyclic N) is 1. The number of rotatable bonds is 3. The van der Waals surface area contributed by atoms with Crippen molar-refractivity contribution in [2.24, 2.45) is 0 Å². The molecule has 92 valence electrons. The standard InChI is InChI=1S/C12H15ClN2O2/c1-2-3-9-4-8(5-11(13)14-9)12(17)15-6-10(16)7-15/h4-5,10,16H,2-3,6-7H2,1H3. The Hall–Kier alpha value is -1.13. The Balaban J connectivity index is 2.16. The molecule has 0 bridgehead atoms. The van der Waals surface area contributed by atoms with E-state index in [9.17, 15) is 9.90 Å². The molecule has 0 aromatic carbocycles. The van der Waals surface area contributed by atoms with E-state index < -0.39 is 0 Å². The lowest BCUT2D eigenvalue weighted by atomic mass is 10.1. The molecule has 2 heterocycles. The van der Waals surface area contributed by atoms with E-state index in [1.165, 1.54) is 0 Å². The molecule has 1 aliphatic rings. The van der Waals surface area contributed by atoms with E-state index in [0.29, 0.717) is 23.8 Å². The number of pyridine rings is 1. The average molecular weight is 255 g/mol. The maximum Gasteiger partial charge on any atom is 0.254 e. The van der Waals surface area contributed by atoms with Crippen LogP contribution < -0.4 is 0 Å². The van der Waals surface area contributed by atoms with Crippen molar-refractivity contribution < 1.29 is 9.90 Å². The lowest BCUT2D eigenvalue weighted by molar-refractivity contribution is 0.00588. The summed E-state index contributed by atoms with van der Waals surface area (Å²) >= 11 is 5.89. The fraction of sp³-hybridized carbons (Fsp3) is 0.500. The van der Waals surface area contributed by atoms with E-state index in [2.05, 4.69) is 11.9 Å². The second kappa shape index (κ2) is 5.02. The zero-order chi connectivity index (χ0) is 12.4. The third kappa shape index (κ3) is 2.76. The van der Waals surface area contributed by atoms with E-state index in [0.717, 1.165) is 18.5 Å². The molecule has 0 atom stereocenters. The molecule has 1 aromatic heterocycles. The summed E-state index contributed by atoms with van der Waals surface area (Å²) in [7, 11) is 0. The van der Waals surface area contributed by atoms with Crippen LogP contribution in [0, 0.1) is 0 Å². The van der Waals surface area contributed by atoms with Crippen LogP contribution in [0.3, 0.4) is 0 Å². The van der Waals surface area contributed by atoms with Gasteiger partial charge < -0.3 is 10.0 Å². The van der Waals surface area contributed by atoms with Gasteiger partial charge >= 0.3 is 0 Å². The van der Waals surface area contributed by atoms with Crippen molar-refractivity contribution in [2.45, 2.75) is 25.9 Å². The number of hydrogen-bond acceptors (Lipinski definition) is 3. The quantitative estimate of drug-likeness (QED) is 0.832. The van der Waals surface area contributed by atoms with Gasteiger partial charge in [0.2, 0.25) is 0 Å². The van der Waals surface area contributed by atoms with Crippen molar-refractivity contribution in [2.75, 3.05) is 13.1 Å². The number of carbonyl (C=O) groups is 1. The van der Waals surface area contributed by atoms with Crippen molar-refractivity contribution in [3.8, 4) is 0 Å². The summed E-state index contributed by atoms with van der Waals surface area (Å²) < 4.78 is 0. The van der Waals surface area contributed by atoms with E-state index in [1.807, 2.05) is 0 Å². The fourth-order valence-electron chi connectivity index (χ4n) is 1.86. The topological polar surface area (TPSA) is 53.4 Å². The van der Waals surface area contributed by atoms with Crippen LogP contribution >= 0.6 is 11.6 Å². The first-order valence-electron chi connectivity index (χ1n) is 5.74. The molecule has 0 saturated carbocycles. The van der Waals surface area contributed by atoms with Gasteiger partial charge in [-0.2, -0.15) is 0 Å². The van der Waals surface area contributed by atoms with Gasteiger partial charge in [-0.3, -0.25) is 4.79 Å². The third-order valence-electron chi connectivity index (χ3n) is 2.75. The molecular weight excluding hydrogens is 240 g/mol. The van der Waals surface area contributed by atoms with E-state index in [4.69, 9.17) is 11.6 Å². The highest BCUT2D eigenvalue weighted by atomic mass is 35.5. The van der Waals surface area contributed by atoms with Crippen LogP contribution in [-0.4, -0.2) is 40.1 Å². The van der Waals surface area contributed by atoms with Crippen LogP contribution in [-0.2, 0) is 6.42 Å². The summed E-state index contributed by atoms with van der Waals surface area (Å²) in [5.41, 5.74) is 1.39. The van der Waals surface area contributed by atoms with Gasteiger partial charge in [0.1, 0.15) is 5.15 Å². The summed E-state index contributed by atoms with van der Waals surface area (Å²) in [6, 6.07) is 3.36. The zero-order valence-electron chi connectivity index (χ0n) is 9.69. The van der Waals surface area contributed by atoms with E-state index >= 15 is 0 Å². The molecule has 1 N–H and O–H groups in total. The molecule has 1 amide bonds. The Labute approximate surface area is 105 Å². The van der Waals surface area contributed by atoms with E-state index in [-0.39, 0.29) is 12.0 Å². The number of amides is 1. The van der Waals surface area contributed by atoms with Crippen LogP contribution in [0.4, 0.5) is 0 Å². The van der Waals surface area contributed by atoms with E-state index in [1.54, 1.807) is 17.0 Å². The molecule has 5 heteroatoms. The first-order chi connectivity index (χ1) is 8.10. The zero-order valence-corrected chi connectivity index (χ0v) is 10.4. The number of hydrogen-bond donors (Lipinski definition) is 1. The minimum Gasteiger partial charge on any atom is -0.389 e. The van der Waals surface area contributed by atoms with Gasteiger partial charge in [-0.1, -0.05) is 24.9 Å². The van der Waals surface area contributed by atoms with Crippen LogP contribution in [0.5, 0.6) is 0 Å². The van der Waals surface area contributed by atoms with Gasteiger partial charge in [-0.15, -0.1) is 0 Å². The highest BCUT2D eigenvalue weighted by Crippen LogP contribution is 2.17. The van der Waals surface area contributed by atoms with Crippen molar-refractivity contribution in [1.82, 2.24) is 9.88 Å². The number of aliphatic hydroxyl groups excluding tert-OH is 1. The molecule has 1 aromatic rings. The van der Waals surface area contributed by atoms with Gasteiger partial charge in [0.25, 0.3) is 5.91 Å². The Kier molecular flexibility index (Phi) is 3.64. The molecule has 0 unspecified atom stereocenters. The Bertz CT molecular complexity index is 431. The molecule has 1 saturated heterocycles. The number of carbonyl (C=O) groups excluding carboxylic acids is 1. The van der Waals surface area contributed by atoms with Gasteiger partial charge in [-0.05, 0) is 18.6 Å². The maximum atomic E-state index is 12.0. The molecule has 0 radical (unpaired) electrons. The minimum absolute atomic E-state index is 0.0862. The Morgan fingerprint density at radius 2 is 2.29 bits per heavy atom. The van der Waals surface area contributed by atoms with Crippen molar-refractivity contribution in [1.29, 1.82) is 0 Å². The van der Waals surface area contributed by atoms with Gasteiger partial charge in [0.15, 0.2) is 0 Å². The SMILES string of the molecule is CCCc1cc(C(=O)N2CC(O)C2)cc(Cl)n1. The smallest absolute Gasteiger partial charge is 0.254 e. The number of aryl methyl sites for hydroxylation is 1. The molecule has 0 aliphatic carbocycles. The predicted octanol–water partition coefficient (Wildman–Crippen LogP) is 1.50. The molecule has 4 nitrogen and oxygen atoms in total. The highest BCUT2D eigenvalue weighted by Gasteiger charge is 2.29. The lowest BCUT2D eigenvalue weighted by Crippen LogP contribution is -2.53. The normalized spacial score (nSPS) is 15.8. The average Bonchev–Trinajstić information content (AvgIpc) is 2.23. The summed E-state index contributed by atoms with van der Waals surface area (Å²) in [5.74, 6) is -0.0862. The first kappa shape index (κ1) is 12.3. The van der Waals surface area contributed by atoms with Crippen LogP contribution in [0.15, 0.2) is 12.1 Å². The highest BCUT2D eigenvalue weighted by molar-refractivity contribution is 6.29. The molecule has 17 heavy (non-hydrogen) atoms. The first-order valence-corrected chi connectivity index (χ1v) is 6.11. The summed E-state index contributed by atoms with van der Waals surface area (Å²) in [6.45, 7) is 2.86. The lowest BCUT2D eigenvalue weighted by Gasteiger charge is -2.35. The Morgan fingerprint density at radius 3 is 2.88 bits per heavy atom. The molecule has 1 aliphatic heterocycles. The number of aromatic nitrogens is 1. The largest absolute Gasteiger partial charge is 0.389 e. The van der Waals surface area contributed by atoms with Crippen molar-refractivity contribution in [3.63, 3.8) is 0 Å². The molecule has 1 fully saturated rings. The van der Waals surface area contributed by atoms with Crippen LogP contribution in [0.2, 0.25) is 5.15 Å². The number of halogens is 1. The summed E-state index contributed by atoms with van der Waals surface area (Å²) in [5, 5.41) is 9.52. The van der Waals surface area contributed by atoms with Crippen molar-refractivity contribution >= 4 is 17.5 Å². The Morgan fingerprint density at radius 1 is 1.59 bits per heavy atom. The summed E-state index contributed by atoms with van der Waals surface area (Å²) in [4.78, 5) is 17.8. The number of nitrogens with zero attached hydrogens (tertiary/aromatic N) is 2. The summed E-state index contributed by atoms with van der Waals surface area (Å²) in [6.07, 6.45) is 1.39. The maximum absolute atomic E-state index is 12.0. The molecular formula is C12H15ClN2O2. The van der Waals surface area contributed by atoms with Gasteiger partial charge in [-0.25, -0.2) is 4.98 Å². The molecule has 0 spiro atoms. The van der Waals surface area contributed by atoms with Gasteiger partial charge in [0.05, 0.1) is 6.10 Å². The third-order valence-corrected chi connectivity index (χ3v) is 2.94. The number of aliphatic hydroxyl groups is 1. The van der Waals surface area contributed by atoms with Gasteiger partial charge in [0, 0.05) is 24.3 Å². The van der Waals surface area contributed by atoms with Crippen molar-refractivity contribution in [3.05, 3.63) is 28.5 Å². The monoisotopic (exact) mass is 254 g/mol. The predicted molar refractivity (Wildman–Crippen MR) is 65.2 cm³/mol. The second-order valence-electron chi connectivity index (χ2n) is 4.28. The molecule has 2 rings (SSSR count). The fourth-order valence-corrected chi connectivity index (χ4v) is 2.09.